The van der Waals surface area contributed by atoms with E-state index in [0.29, 0.717) is 6.04 Å². The normalized spacial score (nSPS) is 20.2. The van der Waals surface area contributed by atoms with Gasteiger partial charge in [-0.15, -0.1) is 11.3 Å². The summed E-state index contributed by atoms with van der Waals surface area (Å²) in [7, 11) is 2.21. The van der Waals surface area contributed by atoms with Gasteiger partial charge >= 0.3 is 0 Å². The summed E-state index contributed by atoms with van der Waals surface area (Å²) in [6.45, 7) is 12.8. The third-order valence-electron chi connectivity index (χ3n) is 4.44. The minimum Gasteiger partial charge on any atom is -0.307 e. The molecule has 2 rings (SSSR count). The molecule has 1 aliphatic heterocycles. The first-order valence-corrected chi connectivity index (χ1v) is 8.61. The second-order valence-electron chi connectivity index (χ2n) is 6.46. The third kappa shape index (κ3) is 4.04. The molecule has 0 radical (unpaired) electrons. The zero-order chi connectivity index (χ0) is 14.6. The van der Waals surface area contributed by atoms with Crippen LogP contribution < -0.4 is 5.32 Å². The fraction of sp³-hybridized carbons (Fsp3) is 0.750. The lowest BCUT2D eigenvalue weighted by Crippen LogP contribution is -2.57. The molecule has 0 bridgehead atoms. The van der Waals surface area contributed by atoms with E-state index in [1.54, 1.807) is 0 Å². The first kappa shape index (κ1) is 16.0. The maximum Gasteiger partial charge on any atom is 0.0412 e. The van der Waals surface area contributed by atoms with Crippen LogP contribution in [-0.2, 0) is 0 Å². The van der Waals surface area contributed by atoms with Crippen molar-refractivity contribution < 1.29 is 0 Å². The molecule has 1 saturated heterocycles. The largest absolute Gasteiger partial charge is 0.307 e. The topological polar surface area (TPSA) is 18.5 Å². The van der Waals surface area contributed by atoms with Gasteiger partial charge in [0.1, 0.15) is 0 Å². The Kier molecular flexibility index (Phi) is 5.61. The number of piperazine rings is 1. The summed E-state index contributed by atoms with van der Waals surface area (Å²) in [4.78, 5) is 6.50. The summed E-state index contributed by atoms with van der Waals surface area (Å²) in [5.74, 6) is 0. The van der Waals surface area contributed by atoms with Crippen LogP contribution in [0.25, 0.3) is 0 Å². The lowest BCUT2D eigenvalue weighted by atomic mass is 10.0. The molecule has 114 valence electrons. The molecule has 1 unspecified atom stereocenters. The van der Waals surface area contributed by atoms with E-state index in [1.165, 1.54) is 31.1 Å². The van der Waals surface area contributed by atoms with Crippen molar-refractivity contribution in [3.8, 4) is 0 Å². The number of nitrogens with zero attached hydrogens (tertiary/aromatic N) is 2. The SMILES string of the molecule is CCC(NCC(C)(C)N1CCN(C)CC1)c1cccs1. The molecule has 0 amide bonds. The van der Waals surface area contributed by atoms with Gasteiger partial charge in [0.05, 0.1) is 0 Å². The van der Waals surface area contributed by atoms with Crippen molar-refractivity contribution >= 4 is 11.3 Å². The zero-order valence-corrected chi connectivity index (χ0v) is 14.2. The van der Waals surface area contributed by atoms with Gasteiger partial charge in [-0.1, -0.05) is 13.0 Å². The molecule has 4 heteroatoms. The minimum absolute atomic E-state index is 0.228. The van der Waals surface area contributed by atoms with Crippen molar-refractivity contribution in [2.45, 2.75) is 38.8 Å². The number of likely N-dealkylation sites (N-methyl/N-ethyl adjacent to an activating group) is 1. The summed E-state index contributed by atoms with van der Waals surface area (Å²) < 4.78 is 0. The van der Waals surface area contributed by atoms with Crippen LogP contribution in [0.3, 0.4) is 0 Å². The van der Waals surface area contributed by atoms with Crippen LogP contribution in [0.1, 0.15) is 38.1 Å². The van der Waals surface area contributed by atoms with Crippen molar-refractivity contribution in [1.29, 1.82) is 0 Å². The zero-order valence-electron chi connectivity index (χ0n) is 13.4. The number of thiophene rings is 1. The fourth-order valence-electron chi connectivity index (χ4n) is 2.83. The molecule has 1 aromatic rings. The smallest absolute Gasteiger partial charge is 0.0412 e. The van der Waals surface area contributed by atoms with Gasteiger partial charge in [-0.25, -0.2) is 0 Å². The quantitative estimate of drug-likeness (QED) is 0.870. The molecule has 0 spiro atoms. The average Bonchev–Trinajstić information content (AvgIpc) is 2.94. The van der Waals surface area contributed by atoms with Crippen LogP contribution in [0.15, 0.2) is 17.5 Å². The van der Waals surface area contributed by atoms with E-state index in [9.17, 15) is 0 Å². The highest BCUT2D eigenvalue weighted by molar-refractivity contribution is 7.10. The molecule has 2 heterocycles. The number of nitrogens with one attached hydrogen (secondary N) is 1. The second-order valence-corrected chi connectivity index (χ2v) is 7.44. The van der Waals surface area contributed by atoms with E-state index in [-0.39, 0.29) is 5.54 Å². The van der Waals surface area contributed by atoms with E-state index in [4.69, 9.17) is 0 Å². The molecule has 1 aliphatic rings. The Morgan fingerprint density at radius 3 is 2.55 bits per heavy atom. The van der Waals surface area contributed by atoms with Gasteiger partial charge in [0.2, 0.25) is 0 Å². The summed E-state index contributed by atoms with van der Waals surface area (Å²) in [6.07, 6.45) is 1.15. The highest BCUT2D eigenvalue weighted by Crippen LogP contribution is 2.23. The highest BCUT2D eigenvalue weighted by Gasteiger charge is 2.29. The van der Waals surface area contributed by atoms with E-state index in [2.05, 4.69) is 60.4 Å². The van der Waals surface area contributed by atoms with Crippen molar-refractivity contribution in [3.63, 3.8) is 0 Å². The molecule has 1 N–H and O–H groups in total. The predicted octanol–water partition coefficient (Wildman–Crippen LogP) is 2.81. The van der Waals surface area contributed by atoms with Crippen molar-refractivity contribution in [2.75, 3.05) is 39.8 Å². The lowest BCUT2D eigenvalue weighted by molar-refractivity contribution is 0.0601. The third-order valence-corrected chi connectivity index (χ3v) is 5.42. The Labute approximate surface area is 128 Å². The Morgan fingerprint density at radius 1 is 1.30 bits per heavy atom. The van der Waals surface area contributed by atoms with Crippen LogP contribution in [-0.4, -0.2) is 55.1 Å². The van der Waals surface area contributed by atoms with Crippen LogP contribution in [0, 0.1) is 0 Å². The van der Waals surface area contributed by atoms with Crippen LogP contribution >= 0.6 is 11.3 Å². The van der Waals surface area contributed by atoms with Crippen LogP contribution in [0.5, 0.6) is 0 Å². The monoisotopic (exact) mass is 295 g/mol. The van der Waals surface area contributed by atoms with Gasteiger partial charge in [0, 0.05) is 49.2 Å². The van der Waals surface area contributed by atoms with Crippen molar-refractivity contribution in [2.24, 2.45) is 0 Å². The van der Waals surface area contributed by atoms with E-state index >= 15 is 0 Å². The Bertz CT molecular complexity index is 380. The van der Waals surface area contributed by atoms with Gasteiger partial charge in [-0.2, -0.15) is 0 Å². The Hall–Kier alpha value is -0.420. The molecule has 0 aliphatic carbocycles. The standard InChI is InChI=1S/C16H29N3S/c1-5-14(15-7-6-12-20-15)17-13-16(2,3)19-10-8-18(4)9-11-19/h6-7,12,14,17H,5,8-11,13H2,1-4H3. The van der Waals surface area contributed by atoms with Gasteiger partial charge in [0.25, 0.3) is 0 Å². The van der Waals surface area contributed by atoms with Gasteiger partial charge in [-0.3, -0.25) is 4.90 Å². The van der Waals surface area contributed by atoms with Gasteiger partial charge in [-0.05, 0) is 38.8 Å². The van der Waals surface area contributed by atoms with Gasteiger partial charge < -0.3 is 10.2 Å². The first-order chi connectivity index (χ1) is 9.53. The fourth-order valence-corrected chi connectivity index (χ4v) is 3.72. The molecule has 1 atom stereocenters. The maximum absolute atomic E-state index is 3.78. The van der Waals surface area contributed by atoms with Crippen LogP contribution in [0.4, 0.5) is 0 Å². The molecule has 0 saturated carbocycles. The number of hydrogen-bond acceptors (Lipinski definition) is 4. The molecule has 1 fully saturated rings. The summed E-state index contributed by atoms with van der Waals surface area (Å²) in [5, 5.41) is 5.95. The number of hydrogen-bond donors (Lipinski definition) is 1. The Balaban J connectivity index is 1.87. The molecule has 0 aromatic carbocycles. The molecular weight excluding hydrogens is 266 g/mol. The van der Waals surface area contributed by atoms with E-state index < -0.39 is 0 Å². The lowest BCUT2D eigenvalue weighted by Gasteiger charge is -2.44. The molecule has 1 aromatic heterocycles. The van der Waals surface area contributed by atoms with E-state index in [0.717, 1.165) is 13.0 Å². The number of rotatable bonds is 6. The van der Waals surface area contributed by atoms with Crippen molar-refractivity contribution in [3.05, 3.63) is 22.4 Å². The van der Waals surface area contributed by atoms with E-state index in [1.807, 2.05) is 11.3 Å². The van der Waals surface area contributed by atoms with Crippen LogP contribution in [0.2, 0.25) is 0 Å². The minimum atomic E-state index is 0.228. The predicted molar refractivity (Wildman–Crippen MR) is 88.5 cm³/mol. The maximum atomic E-state index is 3.78. The molecule has 3 nitrogen and oxygen atoms in total. The second kappa shape index (κ2) is 7.03. The average molecular weight is 295 g/mol. The highest BCUT2D eigenvalue weighted by atomic mass is 32.1. The Morgan fingerprint density at radius 2 is 2.00 bits per heavy atom. The van der Waals surface area contributed by atoms with Crippen molar-refractivity contribution in [1.82, 2.24) is 15.1 Å². The van der Waals surface area contributed by atoms with Gasteiger partial charge in [0.15, 0.2) is 0 Å². The summed E-state index contributed by atoms with van der Waals surface area (Å²) in [6, 6.07) is 4.90. The summed E-state index contributed by atoms with van der Waals surface area (Å²) in [5.41, 5.74) is 0.228. The first-order valence-electron chi connectivity index (χ1n) is 7.73. The molecular formula is C16H29N3S. The summed E-state index contributed by atoms with van der Waals surface area (Å²) >= 11 is 1.86. The molecule has 20 heavy (non-hydrogen) atoms.